The third-order valence-electron chi connectivity index (χ3n) is 3.70. The van der Waals surface area contributed by atoms with Crippen molar-refractivity contribution in [2.24, 2.45) is 5.41 Å². The van der Waals surface area contributed by atoms with Crippen molar-refractivity contribution in [2.45, 2.75) is 72.6 Å². The van der Waals surface area contributed by atoms with E-state index >= 15 is 0 Å². The molecule has 0 rings (SSSR count). The van der Waals surface area contributed by atoms with Crippen LogP contribution in [0.3, 0.4) is 0 Å². The van der Waals surface area contributed by atoms with Gasteiger partial charge in [0.25, 0.3) is 0 Å². The Balaban J connectivity index is 5.66. The molecule has 0 aliphatic carbocycles. The van der Waals surface area contributed by atoms with Crippen LogP contribution >= 0.6 is 0 Å². The van der Waals surface area contributed by atoms with E-state index in [1.54, 1.807) is 20.8 Å². The summed E-state index contributed by atoms with van der Waals surface area (Å²) in [4.78, 5) is 60.5. The summed E-state index contributed by atoms with van der Waals surface area (Å²) >= 11 is 0. The Bertz CT molecular complexity index is 446. The molecular weight excluding hydrogens is 312 g/mol. The van der Waals surface area contributed by atoms with Crippen LogP contribution < -0.4 is 0 Å². The highest BCUT2D eigenvalue weighted by atomic mass is 16.5. The van der Waals surface area contributed by atoms with E-state index in [1.165, 1.54) is 6.92 Å². The molecule has 136 valence electrons. The van der Waals surface area contributed by atoms with Crippen molar-refractivity contribution in [3.05, 3.63) is 0 Å². The van der Waals surface area contributed by atoms with Gasteiger partial charge >= 0.3 is 5.97 Å². The summed E-state index contributed by atoms with van der Waals surface area (Å²) in [7, 11) is 0. The monoisotopic (exact) mass is 340 g/mol. The van der Waals surface area contributed by atoms with E-state index in [0.717, 1.165) is 0 Å². The molecule has 0 N–H and O–H groups in total. The van der Waals surface area contributed by atoms with Crippen molar-refractivity contribution >= 4 is 29.1 Å². The molecule has 0 saturated heterocycles. The Hall–Kier alpha value is -1.85. The average molecular weight is 340 g/mol. The van der Waals surface area contributed by atoms with Gasteiger partial charge in [0, 0.05) is 19.3 Å². The molecule has 6 nitrogen and oxygen atoms in total. The lowest BCUT2D eigenvalue weighted by Gasteiger charge is -2.29. The van der Waals surface area contributed by atoms with E-state index in [9.17, 15) is 24.0 Å². The molecule has 0 bridgehead atoms. The first-order valence-corrected chi connectivity index (χ1v) is 8.51. The van der Waals surface area contributed by atoms with E-state index in [0.29, 0.717) is 19.3 Å². The fourth-order valence-corrected chi connectivity index (χ4v) is 2.47. The number of esters is 1. The second-order valence-corrected chi connectivity index (χ2v) is 5.96. The lowest BCUT2D eigenvalue weighted by atomic mass is 9.72. The van der Waals surface area contributed by atoms with E-state index in [-0.39, 0.29) is 25.0 Å². The molecule has 0 aromatic carbocycles. The summed E-state index contributed by atoms with van der Waals surface area (Å²) in [5.41, 5.74) is -1.92. The zero-order valence-electron chi connectivity index (χ0n) is 15.1. The lowest BCUT2D eigenvalue weighted by Crippen LogP contribution is -2.50. The van der Waals surface area contributed by atoms with E-state index in [4.69, 9.17) is 4.74 Å². The lowest BCUT2D eigenvalue weighted by molar-refractivity contribution is -0.159. The minimum atomic E-state index is -1.92. The highest BCUT2D eigenvalue weighted by Gasteiger charge is 2.50. The van der Waals surface area contributed by atoms with Crippen molar-refractivity contribution in [2.75, 3.05) is 6.61 Å². The van der Waals surface area contributed by atoms with Crippen molar-refractivity contribution in [3.8, 4) is 0 Å². The topological polar surface area (TPSA) is 94.6 Å². The molecule has 0 amide bonds. The maximum absolute atomic E-state index is 12.6. The normalized spacial score (nSPS) is 11.0. The Morgan fingerprint density at radius 3 is 1.42 bits per heavy atom. The smallest absolute Gasteiger partial charge is 0.313 e. The quantitative estimate of drug-likeness (QED) is 0.378. The standard InChI is InChI=1S/C18H28O6/c1-5-8-14(20)18(15(21)9-6-2,16(22)10-7-3)12-24-17(23)11-13(4)19/h5-12H2,1-4H3. The Morgan fingerprint density at radius 2 is 1.12 bits per heavy atom. The number of carbonyl (C=O) groups excluding carboxylic acids is 5. The molecule has 0 aromatic heterocycles. The maximum atomic E-state index is 12.6. The summed E-state index contributed by atoms with van der Waals surface area (Å²) in [6.07, 6.45) is 1.21. The van der Waals surface area contributed by atoms with Gasteiger partial charge in [-0.05, 0) is 26.2 Å². The maximum Gasteiger partial charge on any atom is 0.313 e. The molecule has 0 unspecified atom stereocenters. The fourth-order valence-electron chi connectivity index (χ4n) is 2.47. The number of hydrogen-bond acceptors (Lipinski definition) is 6. The van der Waals surface area contributed by atoms with Crippen LogP contribution in [0, 0.1) is 5.41 Å². The molecule has 6 heteroatoms. The van der Waals surface area contributed by atoms with Gasteiger partial charge in [0.05, 0.1) is 0 Å². The van der Waals surface area contributed by atoms with Crippen molar-refractivity contribution in [3.63, 3.8) is 0 Å². The molecule has 0 spiro atoms. The number of ketones is 4. The van der Waals surface area contributed by atoms with Crippen LogP contribution in [0.1, 0.15) is 72.6 Å². The SMILES string of the molecule is CCCC(=O)C(COC(=O)CC(C)=O)(C(=O)CCC)C(=O)CCC. The van der Waals surface area contributed by atoms with Crippen molar-refractivity contribution in [1.29, 1.82) is 0 Å². The molecule has 24 heavy (non-hydrogen) atoms. The summed E-state index contributed by atoms with van der Waals surface area (Å²) in [6, 6.07) is 0. The van der Waals surface area contributed by atoms with Crippen LogP contribution in [-0.4, -0.2) is 35.7 Å². The zero-order valence-corrected chi connectivity index (χ0v) is 15.1. The van der Waals surface area contributed by atoms with Crippen LogP contribution in [0.4, 0.5) is 0 Å². The highest BCUT2D eigenvalue weighted by molar-refractivity contribution is 6.24. The third-order valence-corrected chi connectivity index (χ3v) is 3.70. The summed E-state index contributed by atoms with van der Waals surface area (Å²) in [5.74, 6) is -2.72. The minimum Gasteiger partial charge on any atom is -0.463 e. The molecule has 0 aromatic rings. The number of carbonyl (C=O) groups is 5. The number of rotatable bonds is 13. The van der Waals surface area contributed by atoms with Crippen LogP contribution in [0.2, 0.25) is 0 Å². The van der Waals surface area contributed by atoms with Gasteiger partial charge < -0.3 is 4.74 Å². The van der Waals surface area contributed by atoms with Crippen LogP contribution in [0.15, 0.2) is 0 Å². The van der Waals surface area contributed by atoms with Crippen LogP contribution in [0.5, 0.6) is 0 Å². The predicted molar refractivity (Wildman–Crippen MR) is 88.4 cm³/mol. The van der Waals surface area contributed by atoms with Crippen LogP contribution in [-0.2, 0) is 28.7 Å². The first-order valence-electron chi connectivity index (χ1n) is 8.51. The van der Waals surface area contributed by atoms with Gasteiger partial charge in [-0.25, -0.2) is 0 Å². The third kappa shape index (κ3) is 5.98. The first kappa shape index (κ1) is 22.1. The van der Waals surface area contributed by atoms with Crippen molar-refractivity contribution in [1.82, 2.24) is 0 Å². The molecule has 0 aliphatic heterocycles. The van der Waals surface area contributed by atoms with Gasteiger partial charge in [-0.3, -0.25) is 24.0 Å². The number of Topliss-reactive ketones (excluding diaryl/α,β-unsaturated/α-hetero) is 4. The summed E-state index contributed by atoms with van der Waals surface area (Å²) < 4.78 is 5.00. The molecular formula is C18H28O6. The number of hydrogen-bond donors (Lipinski definition) is 0. The van der Waals surface area contributed by atoms with E-state index in [1.807, 2.05) is 0 Å². The predicted octanol–water partition coefficient (Wildman–Crippen LogP) is 2.60. The molecule has 0 heterocycles. The van der Waals surface area contributed by atoms with Gasteiger partial charge in [-0.15, -0.1) is 0 Å². The summed E-state index contributed by atoms with van der Waals surface area (Å²) in [5, 5.41) is 0. The Labute approximate surface area is 143 Å². The van der Waals surface area contributed by atoms with Gasteiger partial charge in [-0.2, -0.15) is 0 Å². The van der Waals surface area contributed by atoms with E-state index in [2.05, 4.69) is 0 Å². The molecule has 0 atom stereocenters. The fraction of sp³-hybridized carbons (Fsp3) is 0.722. The Morgan fingerprint density at radius 1 is 0.750 bits per heavy atom. The molecule has 0 aliphatic rings. The highest BCUT2D eigenvalue weighted by Crippen LogP contribution is 2.29. The minimum absolute atomic E-state index is 0.0647. The van der Waals surface area contributed by atoms with Crippen molar-refractivity contribution < 1.29 is 28.7 Å². The van der Waals surface area contributed by atoms with E-state index < -0.39 is 41.8 Å². The van der Waals surface area contributed by atoms with Crippen LogP contribution in [0.25, 0.3) is 0 Å². The van der Waals surface area contributed by atoms with Gasteiger partial charge in [0.1, 0.15) is 18.8 Å². The second kappa shape index (κ2) is 10.8. The largest absolute Gasteiger partial charge is 0.463 e. The summed E-state index contributed by atoms with van der Waals surface area (Å²) in [6.45, 7) is 5.97. The number of ether oxygens (including phenoxy) is 1. The molecule has 0 saturated carbocycles. The van der Waals surface area contributed by atoms with Gasteiger partial charge in [-0.1, -0.05) is 20.8 Å². The molecule has 0 radical (unpaired) electrons. The molecule has 0 fully saturated rings. The second-order valence-electron chi connectivity index (χ2n) is 5.96. The average Bonchev–Trinajstić information content (AvgIpc) is 2.48. The van der Waals surface area contributed by atoms with Gasteiger partial charge in [0.2, 0.25) is 0 Å². The van der Waals surface area contributed by atoms with Gasteiger partial charge in [0.15, 0.2) is 22.8 Å². The first-order chi connectivity index (χ1) is 11.3. The Kier molecular flexibility index (Phi) is 10.0. The zero-order chi connectivity index (χ0) is 18.8.